The molecule has 0 atom stereocenters. The van der Waals surface area contributed by atoms with Gasteiger partial charge in [0.15, 0.2) is 23.3 Å². The Labute approximate surface area is 400 Å². The van der Waals surface area contributed by atoms with Crippen molar-refractivity contribution in [1.29, 1.82) is 0 Å². The molecule has 0 unspecified atom stereocenters. The van der Waals surface area contributed by atoms with Gasteiger partial charge in [0.05, 0.1) is 27.0 Å². The molecule has 332 valence electrons. The lowest BCUT2D eigenvalue weighted by atomic mass is 10.0. The third kappa shape index (κ3) is 7.76. The van der Waals surface area contributed by atoms with Crippen LogP contribution in [0.4, 0.5) is 5.69 Å². The number of para-hydroxylation sites is 2. The Morgan fingerprint density at radius 2 is 0.871 bits per heavy atom. The van der Waals surface area contributed by atoms with Gasteiger partial charge in [-0.05, 0) is 48.0 Å². The highest BCUT2D eigenvalue weighted by Gasteiger charge is 2.19. The van der Waals surface area contributed by atoms with Crippen molar-refractivity contribution in [2.45, 2.75) is 0 Å². The van der Waals surface area contributed by atoms with E-state index in [4.69, 9.17) is 29.9 Å². The number of fused-ring (bicyclic) bond motifs is 6. The number of nitro groups is 1. The van der Waals surface area contributed by atoms with E-state index in [0.717, 1.165) is 60.7 Å². The average molecular weight is 907 g/mol. The summed E-state index contributed by atoms with van der Waals surface area (Å²) >= 11 is 0. The number of hydrogen-bond acceptors (Lipinski definition) is 8. The Hall–Kier alpha value is -9.94. The molecule has 8 aromatic carbocycles. The molecule has 0 saturated carbocycles. The van der Waals surface area contributed by atoms with E-state index in [-0.39, 0.29) is 10.6 Å². The summed E-state index contributed by atoms with van der Waals surface area (Å²) in [5, 5.41) is 16.0. The third-order valence-corrected chi connectivity index (χ3v) is 12.3. The summed E-state index contributed by atoms with van der Waals surface area (Å²) in [6.07, 6.45) is 3.95. The fourth-order valence-electron chi connectivity index (χ4n) is 8.88. The van der Waals surface area contributed by atoms with Crippen LogP contribution in [0.15, 0.2) is 225 Å². The predicted molar refractivity (Wildman–Crippen MR) is 277 cm³/mol. The van der Waals surface area contributed by atoms with Crippen LogP contribution in [-0.2, 0) is 0 Å². The second-order valence-corrected chi connectivity index (χ2v) is 16.5. The van der Waals surface area contributed by atoms with Gasteiger partial charge in [-0.15, -0.1) is 0 Å². The van der Waals surface area contributed by atoms with Gasteiger partial charge in [-0.25, -0.2) is 9.97 Å². The first-order valence-corrected chi connectivity index (χ1v) is 22.6. The van der Waals surface area contributed by atoms with Gasteiger partial charge in [-0.3, -0.25) is 19.2 Å². The van der Waals surface area contributed by atoms with Crippen molar-refractivity contribution in [2.24, 2.45) is 0 Å². The third-order valence-electron chi connectivity index (χ3n) is 12.3. The number of nitro benzene ring substituents is 1. The molecule has 12 nitrogen and oxygen atoms in total. The molecule has 1 N–H and O–H groups in total. The maximum Gasteiger partial charge on any atom is 0.277 e. The molecule has 5 aromatic heterocycles. The summed E-state index contributed by atoms with van der Waals surface area (Å²) in [6, 6.07) is 69.0. The van der Waals surface area contributed by atoms with Gasteiger partial charge in [0.1, 0.15) is 0 Å². The van der Waals surface area contributed by atoms with Crippen LogP contribution in [0, 0.1) is 10.1 Å². The van der Waals surface area contributed by atoms with Crippen molar-refractivity contribution in [3.8, 4) is 68.6 Å². The highest BCUT2D eigenvalue weighted by Crippen LogP contribution is 2.35. The number of aromatic nitrogens is 9. The van der Waals surface area contributed by atoms with Gasteiger partial charge in [-0.2, -0.15) is 19.9 Å². The zero-order valence-corrected chi connectivity index (χ0v) is 37.2. The Morgan fingerprint density at radius 1 is 0.400 bits per heavy atom. The first-order chi connectivity index (χ1) is 34.5. The van der Waals surface area contributed by atoms with E-state index in [2.05, 4.69) is 47.4 Å². The van der Waals surface area contributed by atoms with Crippen LogP contribution < -0.4 is 0 Å². The zero-order chi connectivity index (χ0) is 47.0. The molecule has 0 aliphatic rings. The summed E-state index contributed by atoms with van der Waals surface area (Å²) in [4.78, 5) is 43.6. The van der Waals surface area contributed by atoms with Gasteiger partial charge >= 0.3 is 0 Å². The second-order valence-electron chi connectivity index (χ2n) is 16.5. The fraction of sp³-hybridized carbons (Fsp3) is 0. The number of benzene rings is 8. The minimum atomic E-state index is -0.355. The zero-order valence-electron chi connectivity index (χ0n) is 37.2. The molecule has 5 heterocycles. The molecular weight excluding hydrogens is 869 g/mol. The van der Waals surface area contributed by atoms with Crippen molar-refractivity contribution in [3.63, 3.8) is 0 Å². The quantitative estimate of drug-likeness (QED) is 0.117. The minimum absolute atomic E-state index is 0.0776. The highest BCUT2D eigenvalue weighted by molar-refractivity contribution is 6.16. The SMILES string of the molecule is O=[N+]([O-])c1ccccc1-c1ccc2c(ccn2-c2nc(-c3ccccc3)nc(-c3ccccc3)n2)c1.c1ccc(-c2nc(-c3ccccc3)nc(-n3ccc4c5[nH]c6ccccc6c5ccc43)n2)cc1. The molecule has 0 saturated heterocycles. The van der Waals surface area contributed by atoms with Crippen molar-refractivity contribution < 1.29 is 4.92 Å². The maximum atomic E-state index is 11.5. The van der Waals surface area contributed by atoms with Crippen LogP contribution in [0.1, 0.15) is 0 Å². The standard InChI is InChI=1S/C29H19N5O2.C29H19N5/c35-34(36)26-14-8-7-13-24(26)22-15-16-25-23(19-22)17-18-33(25)29-31-27(20-9-3-1-4-10-20)30-28(32-29)21-11-5-2-6-12-21;1-3-9-19(10-4-1)27-31-28(20-11-5-2-6-12-20)33-29(32-27)34-18-17-23-25(34)16-15-22-21-13-7-8-14-24(21)30-26(22)23/h1-19H;1-18,30H. The van der Waals surface area contributed by atoms with Gasteiger partial charge < -0.3 is 4.98 Å². The van der Waals surface area contributed by atoms with E-state index in [0.29, 0.717) is 40.8 Å². The first kappa shape index (κ1) is 41.5. The minimum Gasteiger partial charge on any atom is -0.354 e. The lowest BCUT2D eigenvalue weighted by Gasteiger charge is -2.10. The molecule has 0 amide bonds. The summed E-state index contributed by atoms with van der Waals surface area (Å²) in [6.45, 7) is 0. The Morgan fingerprint density at radius 3 is 1.43 bits per heavy atom. The second kappa shape index (κ2) is 17.7. The average Bonchev–Trinajstić information content (AvgIpc) is 4.17. The van der Waals surface area contributed by atoms with Crippen LogP contribution >= 0.6 is 0 Å². The lowest BCUT2D eigenvalue weighted by molar-refractivity contribution is -0.384. The molecule has 13 aromatic rings. The molecule has 0 spiro atoms. The smallest absolute Gasteiger partial charge is 0.277 e. The van der Waals surface area contributed by atoms with Gasteiger partial charge in [0.2, 0.25) is 11.9 Å². The molecule has 12 heteroatoms. The van der Waals surface area contributed by atoms with Crippen LogP contribution in [0.3, 0.4) is 0 Å². The Kier molecular flexibility index (Phi) is 10.5. The number of nitrogens with one attached hydrogen (secondary N) is 1. The van der Waals surface area contributed by atoms with Gasteiger partial charge in [0.25, 0.3) is 5.69 Å². The molecule has 0 bridgehead atoms. The maximum absolute atomic E-state index is 11.5. The summed E-state index contributed by atoms with van der Waals surface area (Å²) in [5.74, 6) is 3.56. The van der Waals surface area contributed by atoms with E-state index in [1.54, 1.807) is 18.2 Å². The Balaban J connectivity index is 0.000000144. The van der Waals surface area contributed by atoms with E-state index < -0.39 is 0 Å². The number of aromatic amines is 1. The van der Waals surface area contributed by atoms with Crippen molar-refractivity contribution in [2.75, 3.05) is 0 Å². The molecule has 0 radical (unpaired) electrons. The fourth-order valence-corrected chi connectivity index (χ4v) is 8.88. The van der Waals surface area contributed by atoms with E-state index >= 15 is 0 Å². The Bertz CT molecular complexity index is 3920. The van der Waals surface area contributed by atoms with Gasteiger partial charge in [0, 0.05) is 67.8 Å². The van der Waals surface area contributed by atoms with Crippen LogP contribution in [0.25, 0.3) is 112 Å². The van der Waals surface area contributed by atoms with Gasteiger partial charge in [-0.1, -0.05) is 164 Å². The van der Waals surface area contributed by atoms with Crippen molar-refractivity contribution in [1.82, 2.24) is 44.0 Å². The molecule has 13 rings (SSSR count). The largest absolute Gasteiger partial charge is 0.354 e. The van der Waals surface area contributed by atoms with E-state index in [1.807, 2.05) is 167 Å². The van der Waals surface area contributed by atoms with Crippen molar-refractivity contribution >= 4 is 49.3 Å². The van der Waals surface area contributed by atoms with E-state index in [1.165, 1.54) is 16.8 Å². The molecule has 0 aliphatic heterocycles. The lowest BCUT2D eigenvalue weighted by Crippen LogP contribution is -2.05. The predicted octanol–water partition coefficient (Wildman–Crippen LogP) is 13.5. The monoisotopic (exact) mass is 906 g/mol. The van der Waals surface area contributed by atoms with Crippen LogP contribution in [-0.4, -0.2) is 48.9 Å². The normalized spacial score (nSPS) is 11.3. The number of rotatable bonds is 8. The first-order valence-electron chi connectivity index (χ1n) is 22.6. The highest BCUT2D eigenvalue weighted by atomic mass is 16.6. The summed E-state index contributed by atoms with van der Waals surface area (Å²) in [5.41, 5.74) is 9.33. The van der Waals surface area contributed by atoms with E-state index in [9.17, 15) is 10.1 Å². The van der Waals surface area contributed by atoms with Crippen molar-refractivity contribution in [3.05, 3.63) is 235 Å². The molecule has 0 fully saturated rings. The molecule has 0 aliphatic carbocycles. The number of nitrogens with zero attached hydrogens (tertiary/aromatic N) is 9. The molecule has 70 heavy (non-hydrogen) atoms. The number of hydrogen-bond donors (Lipinski definition) is 1. The number of H-pyrrole nitrogens is 1. The summed E-state index contributed by atoms with van der Waals surface area (Å²) in [7, 11) is 0. The van der Waals surface area contributed by atoms with Crippen LogP contribution in [0.2, 0.25) is 0 Å². The topological polar surface area (TPSA) is 146 Å². The molecular formula is C58H38N10O2. The van der Waals surface area contributed by atoms with Crippen LogP contribution in [0.5, 0.6) is 0 Å². The summed E-state index contributed by atoms with van der Waals surface area (Å²) < 4.78 is 3.96.